The van der Waals surface area contributed by atoms with Gasteiger partial charge in [-0.25, -0.2) is 17.9 Å². The highest BCUT2D eigenvalue weighted by Crippen LogP contribution is 2.25. The fourth-order valence-electron chi connectivity index (χ4n) is 1.70. The standard InChI is InChI=1S/C13H19NO5S2/c1-9(8-20-3)7-14-21(17,18)12-5-4-10(13(15)16)6-11(12)19-2/h4-6,9,14H,7-8H2,1-3H3,(H,15,16). The highest BCUT2D eigenvalue weighted by atomic mass is 32.2. The van der Waals surface area contributed by atoms with Crippen LogP contribution in [0, 0.1) is 5.92 Å². The summed E-state index contributed by atoms with van der Waals surface area (Å²) in [6, 6.07) is 3.68. The molecule has 0 bridgehead atoms. The Kier molecular flexibility index (Phi) is 6.50. The van der Waals surface area contributed by atoms with Gasteiger partial charge < -0.3 is 9.84 Å². The molecule has 1 atom stereocenters. The van der Waals surface area contributed by atoms with Crippen LogP contribution in [0.3, 0.4) is 0 Å². The molecule has 6 nitrogen and oxygen atoms in total. The van der Waals surface area contributed by atoms with Gasteiger partial charge in [0.1, 0.15) is 10.6 Å². The minimum absolute atomic E-state index is 0.0138. The second-order valence-corrected chi connectivity index (χ2v) is 7.23. The van der Waals surface area contributed by atoms with Crippen LogP contribution in [-0.4, -0.2) is 45.2 Å². The van der Waals surface area contributed by atoms with Gasteiger partial charge in [-0.1, -0.05) is 6.92 Å². The molecule has 1 unspecified atom stereocenters. The third kappa shape index (κ3) is 4.90. The Labute approximate surface area is 128 Å². The van der Waals surface area contributed by atoms with E-state index in [0.717, 1.165) is 5.75 Å². The maximum Gasteiger partial charge on any atom is 0.335 e. The lowest BCUT2D eigenvalue weighted by Crippen LogP contribution is -2.29. The van der Waals surface area contributed by atoms with E-state index in [9.17, 15) is 13.2 Å². The normalized spacial score (nSPS) is 12.9. The minimum Gasteiger partial charge on any atom is -0.495 e. The van der Waals surface area contributed by atoms with E-state index in [2.05, 4.69) is 4.72 Å². The molecule has 0 heterocycles. The number of thioether (sulfide) groups is 1. The second-order valence-electron chi connectivity index (χ2n) is 4.58. The van der Waals surface area contributed by atoms with E-state index in [1.165, 1.54) is 25.3 Å². The lowest BCUT2D eigenvalue weighted by molar-refractivity contribution is 0.0696. The molecule has 0 aliphatic rings. The van der Waals surface area contributed by atoms with Gasteiger partial charge in [-0.05, 0) is 36.1 Å². The number of methoxy groups -OCH3 is 1. The molecule has 0 saturated carbocycles. The number of rotatable bonds is 8. The molecule has 1 rings (SSSR count). The summed E-state index contributed by atoms with van der Waals surface area (Å²) in [7, 11) is -2.43. The largest absolute Gasteiger partial charge is 0.495 e. The molecule has 118 valence electrons. The van der Waals surface area contributed by atoms with Crippen molar-refractivity contribution in [2.24, 2.45) is 5.92 Å². The second kappa shape index (κ2) is 7.67. The molecule has 0 fully saturated rings. The third-order valence-corrected chi connectivity index (χ3v) is 5.14. The Morgan fingerprint density at radius 3 is 2.67 bits per heavy atom. The van der Waals surface area contributed by atoms with Crippen LogP contribution in [-0.2, 0) is 10.0 Å². The topological polar surface area (TPSA) is 92.7 Å². The first-order chi connectivity index (χ1) is 9.81. The van der Waals surface area contributed by atoms with Gasteiger partial charge in [0, 0.05) is 6.54 Å². The van der Waals surface area contributed by atoms with Crippen LogP contribution >= 0.6 is 11.8 Å². The molecule has 0 radical (unpaired) electrons. The van der Waals surface area contributed by atoms with Gasteiger partial charge in [0.25, 0.3) is 0 Å². The summed E-state index contributed by atoms with van der Waals surface area (Å²) in [6.07, 6.45) is 1.96. The van der Waals surface area contributed by atoms with Crippen molar-refractivity contribution in [1.82, 2.24) is 4.72 Å². The molecular weight excluding hydrogens is 314 g/mol. The van der Waals surface area contributed by atoms with Gasteiger partial charge in [0.15, 0.2) is 0 Å². The van der Waals surface area contributed by atoms with Crippen LogP contribution < -0.4 is 9.46 Å². The Morgan fingerprint density at radius 2 is 2.14 bits per heavy atom. The number of carboxylic acid groups (broad SMARTS) is 1. The van der Waals surface area contributed by atoms with E-state index in [0.29, 0.717) is 6.54 Å². The summed E-state index contributed by atoms with van der Waals surface area (Å²) in [6.45, 7) is 2.26. The quantitative estimate of drug-likeness (QED) is 0.752. The fraction of sp³-hybridized carbons (Fsp3) is 0.462. The zero-order chi connectivity index (χ0) is 16.0. The average molecular weight is 333 g/mol. The van der Waals surface area contributed by atoms with Crippen molar-refractivity contribution >= 4 is 27.8 Å². The molecule has 1 aromatic rings. The van der Waals surface area contributed by atoms with Crippen LogP contribution in [0.15, 0.2) is 23.1 Å². The van der Waals surface area contributed by atoms with Gasteiger partial charge in [-0.2, -0.15) is 11.8 Å². The number of carbonyl (C=O) groups is 1. The van der Waals surface area contributed by atoms with Crippen molar-refractivity contribution in [3.05, 3.63) is 23.8 Å². The van der Waals surface area contributed by atoms with Crippen LogP contribution in [0.1, 0.15) is 17.3 Å². The van der Waals surface area contributed by atoms with Crippen molar-refractivity contribution in [3.8, 4) is 5.75 Å². The van der Waals surface area contributed by atoms with Crippen molar-refractivity contribution in [3.63, 3.8) is 0 Å². The van der Waals surface area contributed by atoms with Crippen molar-refractivity contribution in [2.75, 3.05) is 25.7 Å². The molecule has 0 aliphatic carbocycles. The van der Waals surface area contributed by atoms with Crippen LogP contribution in [0.2, 0.25) is 0 Å². The van der Waals surface area contributed by atoms with E-state index in [1.54, 1.807) is 11.8 Å². The van der Waals surface area contributed by atoms with Crippen LogP contribution in [0.5, 0.6) is 5.75 Å². The number of hydrogen-bond acceptors (Lipinski definition) is 5. The lowest BCUT2D eigenvalue weighted by atomic mass is 10.2. The first-order valence-corrected chi connectivity index (χ1v) is 9.09. The number of nitrogens with one attached hydrogen (secondary N) is 1. The molecule has 8 heteroatoms. The molecule has 0 aromatic heterocycles. The molecular formula is C13H19NO5S2. The highest BCUT2D eigenvalue weighted by molar-refractivity contribution is 7.98. The molecule has 0 aliphatic heterocycles. The zero-order valence-electron chi connectivity index (χ0n) is 12.1. The van der Waals surface area contributed by atoms with Crippen molar-refractivity contribution in [2.45, 2.75) is 11.8 Å². The summed E-state index contributed by atoms with van der Waals surface area (Å²) in [5, 5.41) is 8.91. The van der Waals surface area contributed by atoms with E-state index in [1.807, 2.05) is 13.2 Å². The van der Waals surface area contributed by atoms with Crippen LogP contribution in [0.25, 0.3) is 0 Å². The van der Waals surface area contributed by atoms with Crippen molar-refractivity contribution < 1.29 is 23.1 Å². The summed E-state index contributed by atoms with van der Waals surface area (Å²) in [5.41, 5.74) is -0.0263. The predicted octanol–water partition coefficient (Wildman–Crippen LogP) is 1.67. The first kappa shape index (κ1) is 17.8. The summed E-state index contributed by atoms with van der Waals surface area (Å²) in [5.74, 6) is -0.0878. The number of ether oxygens (including phenoxy) is 1. The summed E-state index contributed by atoms with van der Waals surface area (Å²) >= 11 is 1.64. The number of aromatic carboxylic acids is 1. The highest BCUT2D eigenvalue weighted by Gasteiger charge is 2.21. The molecule has 0 amide bonds. The molecule has 21 heavy (non-hydrogen) atoms. The maximum absolute atomic E-state index is 12.3. The summed E-state index contributed by atoms with van der Waals surface area (Å²) < 4.78 is 32.0. The Balaban J connectivity index is 3.00. The first-order valence-electron chi connectivity index (χ1n) is 6.21. The fourth-order valence-corrected chi connectivity index (χ4v) is 3.70. The van der Waals surface area contributed by atoms with Crippen LogP contribution in [0.4, 0.5) is 0 Å². The molecule has 0 saturated heterocycles. The number of benzene rings is 1. The van der Waals surface area contributed by atoms with E-state index in [4.69, 9.17) is 9.84 Å². The van der Waals surface area contributed by atoms with Crippen molar-refractivity contribution in [1.29, 1.82) is 0 Å². The number of carboxylic acids is 1. The summed E-state index contributed by atoms with van der Waals surface area (Å²) in [4.78, 5) is 10.8. The minimum atomic E-state index is -3.74. The Hall–Kier alpha value is -1.25. The Bertz CT molecular complexity index is 601. The lowest BCUT2D eigenvalue weighted by Gasteiger charge is -2.14. The maximum atomic E-state index is 12.3. The molecule has 1 aromatic carbocycles. The van der Waals surface area contributed by atoms with Gasteiger partial charge in [0.2, 0.25) is 10.0 Å². The third-order valence-electron chi connectivity index (χ3n) is 2.77. The van der Waals surface area contributed by atoms with Gasteiger partial charge >= 0.3 is 5.97 Å². The molecule has 0 spiro atoms. The average Bonchev–Trinajstić information content (AvgIpc) is 2.44. The van der Waals surface area contributed by atoms with Gasteiger partial charge in [0.05, 0.1) is 12.7 Å². The van der Waals surface area contributed by atoms with Gasteiger partial charge in [-0.3, -0.25) is 0 Å². The molecule has 2 N–H and O–H groups in total. The smallest absolute Gasteiger partial charge is 0.335 e. The van der Waals surface area contributed by atoms with E-state index in [-0.39, 0.29) is 22.1 Å². The van der Waals surface area contributed by atoms with E-state index < -0.39 is 16.0 Å². The SMILES string of the molecule is COc1cc(C(=O)O)ccc1S(=O)(=O)NCC(C)CSC. The monoisotopic (exact) mass is 333 g/mol. The van der Waals surface area contributed by atoms with E-state index >= 15 is 0 Å². The number of hydrogen-bond donors (Lipinski definition) is 2. The van der Waals surface area contributed by atoms with Gasteiger partial charge in [-0.15, -0.1) is 0 Å². The number of sulfonamides is 1. The zero-order valence-corrected chi connectivity index (χ0v) is 13.8. The Morgan fingerprint density at radius 1 is 1.48 bits per heavy atom. The predicted molar refractivity (Wildman–Crippen MR) is 82.7 cm³/mol.